The molecule has 3 aromatic carbocycles. The zero-order chi connectivity index (χ0) is 22.1. The minimum atomic E-state index is -0.414. The number of carbonyl (C=O) groups excluding carboxylic acids is 2. The van der Waals surface area contributed by atoms with E-state index in [0.29, 0.717) is 41.6 Å². The average molecular weight is 445 g/mol. The summed E-state index contributed by atoms with van der Waals surface area (Å²) in [5.74, 6) is 0.192. The molecule has 0 unspecified atom stereocenters. The SMILES string of the molecule is Nc1ccccc1NC(=O)c1nc2c(s1)CN(C(=O)Oc1ccc3ccccc3c1)CC2. The maximum atomic E-state index is 12.7. The molecule has 160 valence electrons. The van der Waals surface area contributed by atoms with Crippen LogP contribution in [0.5, 0.6) is 5.75 Å². The van der Waals surface area contributed by atoms with Gasteiger partial charge in [-0.1, -0.05) is 42.5 Å². The van der Waals surface area contributed by atoms with Crippen LogP contribution in [0.1, 0.15) is 20.4 Å². The highest BCUT2D eigenvalue weighted by Gasteiger charge is 2.27. The van der Waals surface area contributed by atoms with Gasteiger partial charge in [-0.25, -0.2) is 9.78 Å². The van der Waals surface area contributed by atoms with Gasteiger partial charge >= 0.3 is 6.09 Å². The second-order valence-electron chi connectivity index (χ2n) is 7.48. The molecule has 7 nitrogen and oxygen atoms in total. The molecule has 5 rings (SSSR count). The molecule has 0 saturated heterocycles. The summed E-state index contributed by atoms with van der Waals surface area (Å²) in [5, 5.41) is 5.24. The van der Waals surface area contributed by atoms with Crippen molar-refractivity contribution in [1.82, 2.24) is 9.88 Å². The summed E-state index contributed by atoms with van der Waals surface area (Å²) >= 11 is 1.28. The van der Waals surface area contributed by atoms with Crippen molar-refractivity contribution in [2.45, 2.75) is 13.0 Å². The summed E-state index contributed by atoms with van der Waals surface area (Å²) in [6, 6.07) is 20.6. The lowest BCUT2D eigenvalue weighted by Crippen LogP contribution is -2.37. The van der Waals surface area contributed by atoms with E-state index in [2.05, 4.69) is 10.3 Å². The second kappa shape index (κ2) is 8.32. The third kappa shape index (κ3) is 4.00. The topological polar surface area (TPSA) is 97.5 Å². The lowest BCUT2D eigenvalue weighted by atomic mass is 10.1. The highest BCUT2D eigenvalue weighted by atomic mass is 32.1. The van der Waals surface area contributed by atoms with E-state index in [0.717, 1.165) is 21.3 Å². The van der Waals surface area contributed by atoms with Crippen LogP contribution in [0.2, 0.25) is 0 Å². The maximum Gasteiger partial charge on any atom is 0.415 e. The summed E-state index contributed by atoms with van der Waals surface area (Å²) in [4.78, 5) is 32.3. The molecule has 0 bridgehead atoms. The predicted octanol–water partition coefficient (Wildman–Crippen LogP) is 4.69. The van der Waals surface area contributed by atoms with E-state index in [-0.39, 0.29) is 5.91 Å². The number of rotatable bonds is 3. The Balaban J connectivity index is 1.27. The number of hydrogen-bond acceptors (Lipinski definition) is 6. The highest BCUT2D eigenvalue weighted by Crippen LogP contribution is 2.28. The number of nitrogen functional groups attached to an aromatic ring is 1. The Morgan fingerprint density at radius 1 is 1.03 bits per heavy atom. The molecule has 0 spiro atoms. The number of carbonyl (C=O) groups is 2. The molecule has 4 aromatic rings. The van der Waals surface area contributed by atoms with Crippen LogP contribution < -0.4 is 15.8 Å². The van der Waals surface area contributed by atoms with Crippen LogP contribution in [0.3, 0.4) is 0 Å². The van der Waals surface area contributed by atoms with Gasteiger partial charge in [0.2, 0.25) is 0 Å². The fourth-order valence-corrected chi connectivity index (χ4v) is 4.65. The average Bonchev–Trinajstić information content (AvgIpc) is 3.24. The number of nitrogens with zero attached hydrogens (tertiary/aromatic N) is 2. The minimum Gasteiger partial charge on any atom is -0.410 e. The summed E-state index contributed by atoms with van der Waals surface area (Å²) in [5.41, 5.74) is 7.78. The molecule has 0 aliphatic carbocycles. The number of nitrogens with one attached hydrogen (secondary N) is 1. The van der Waals surface area contributed by atoms with E-state index in [9.17, 15) is 9.59 Å². The monoisotopic (exact) mass is 444 g/mol. The molecular formula is C24H20N4O3S. The standard InChI is InChI=1S/C24H20N4O3S/c25-18-7-3-4-8-19(18)26-22(29)23-27-20-11-12-28(14-21(20)32-23)24(30)31-17-10-9-15-5-1-2-6-16(15)13-17/h1-10,13H,11-12,14,25H2,(H,26,29). The number of ether oxygens (including phenoxy) is 1. The molecule has 0 atom stereocenters. The van der Waals surface area contributed by atoms with Crippen molar-refractivity contribution in [1.29, 1.82) is 0 Å². The first-order chi connectivity index (χ1) is 15.6. The fraction of sp³-hybridized carbons (Fsp3) is 0.125. The summed E-state index contributed by atoms with van der Waals surface area (Å²) < 4.78 is 5.60. The molecule has 0 saturated carbocycles. The van der Waals surface area contributed by atoms with Crippen LogP contribution in [-0.2, 0) is 13.0 Å². The minimum absolute atomic E-state index is 0.312. The van der Waals surface area contributed by atoms with E-state index in [1.165, 1.54) is 11.3 Å². The van der Waals surface area contributed by atoms with Crippen LogP contribution in [0, 0.1) is 0 Å². The molecule has 1 aliphatic rings. The van der Waals surface area contributed by atoms with E-state index in [4.69, 9.17) is 10.5 Å². The van der Waals surface area contributed by atoms with Crippen LogP contribution in [-0.4, -0.2) is 28.4 Å². The third-order valence-electron chi connectivity index (χ3n) is 5.32. The lowest BCUT2D eigenvalue weighted by molar-refractivity contribution is 0.102. The number of anilines is 2. The van der Waals surface area contributed by atoms with Crippen molar-refractivity contribution in [2.24, 2.45) is 0 Å². The first-order valence-corrected chi connectivity index (χ1v) is 11.0. The zero-order valence-electron chi connectivity index (χ0n) is 17.1. The predicted molar refractivity (Wildman–Crippen MR) is 125 cm³/mol. The largest absolute Gasteiger partial charge is 0.415 e. The maximum absolute atomic E-state index is 12.7. The molecule has 32 heavy (non-hydrogen) atoms. The Morgan fingerprint density at radius 2 is 1.81 bits per heavy atom. The Morgan fingerprint density at radius 3 is 2.66 bits per heavy atom. The van der Waals surface area contributed by atoms with Crippen LogP contribution >= 0.6 is 11.3 Å². The van der Waals surface area contributed by atoms with Crippen LogP contribution in [0.15, 0.2) is 66.7 Å². The number of benzene rings is 3. The summed E-state index contributed by atoms with van der Waals surface area (Å²) in [6.07, 6.45) is 0.154. The number of amides is 2. The van der Waals surface area contributed by atoms with Gasteiger partial charge in [-0.05, 0) is 35.0 Å². The van der Waals surface area contributed by atoms with Gasteiger partial charge in [0.15, 0.2) is 5.01 Å². The first-order valence-electron chi connectivity index (χ1n) is 10.2. The number of aromatic nitrogens is 1. The first kappa shape index (κ1) is 20.0. The number of thiazole rings is 1. The second-order valence-corrected chi connectivity index (χ2v) is 8.56. The zero-order valence-corrected chi connectivity index (χ0v) is 17.9. The Hall–Kier alpha value is -3.91. The van der Waals surface area contributed by atoms with Crippen molar-refractivity contribution in [3.8, 4) is 5.75 Å². The Bertz CT molecular complexity index is 1330. The number of hydrogen-bond donors (Lipinski definition) is 2. The van der Waals surface area contributed by atoms with Gasteiger partial charge in [0.05, 0.1) is 23.6 Å². The van der Waals surface area contributed by atoms with Gasteiger partial charge in [-0.3, -0.25) is 4.79 Å². The third-order valence-corrected chi connectivity index (χ3v) is 6.40. The molecule has 3 N–H and O–H groups in total. The van der Waals surface area contributed by atoms with Crippen molar-refractivity contribution in [3.05, 3.63) is 82.3 Å². The molecule has 1 aliphatic heterocycles. The number of nitrogens with two attached hydrogens (primary N) is 1. The molecule has 1 aromatic heterocycles. The van der Waals surface area contributed by atoms with Crippen LogP contribution in [0.4, 0.5) is 16.2 Å². The molecular weight excluding hydrogens is 424 g/mol. The summed E-state index contributed by atoms with van der Waals surface area (Å²) in [6.45, 7) is 0.843. The quantitative estimate of drug-likeness (QED) is 0.447. The van der Waals surface area contributed by atoms with Gasteiger partial charge < -0.3 is 20.7 Å². The Kier molecular flexibility index (Phi) is 5.20. The molecule has 0 fully saturated rings. The molecule has 2 amide bonds. The smallest absolute Gasteiger partial charge is 0.410 e. The van der Waals surface area contributed by atoms with Crippen LogP contribution in [0.25, 0.3) is 10.8 Å². The van der Waals surface area contributed by atoms with Crippen molar-refractivity contribution in [2.75, 3.05) is 17.6 Å². The Labute approximate surface area is 188 Å². The lowest BCUT2D eigenvalue weighted by Gasteiger charge is -2.25. The van der Waals surface area contributed by atoms with E-state index >= 15 is 0 Å². The van der Waals surface area contributed by atoms with Gasteiger partial charge in [0.1, 0.15) is 5.75 Å². The number of fused-ring (bicyclic) bond motifs is 2. The van der Waals surface area contributed by atoms with Gasteiger partial charge in [-0.15, -0.1) is 11.3 Å². The van der Waals surface area contributed by atoms with Crippen molar-refractivity contribution < 1.29 is 14.3 Å². The summed E-state index contributed by atoms with van der Waals surface area (Å²) in [7, 11) is 0. The molecule has 8 heteroatoms. The fourth-order valence-electron chi connectivity index (χ4n) is 3.63. The van der Waals surface area contributed by atoms with Crippen molar-refractivity contribution in [3.63, 3.8) is 0 Å². The van der Waals surface area contributed by atoms with Gasteiger partial charge in [-0.2, -0.15) is 0 Å². The van der Waals surface area contributed by atoms with Crippen molar-refractivity contribution >= 4 is 45.5 Å². The van der Waals surface area contributed by atoms with Gasteiger partial charge in [0, 0.05) is 17.8 Å². The van der Waals surface area contributed by atoms with E-state index in [1.54, 1.807) is 35.2 Å². The van der Waals surface area contributed by atoms with E-state index < -0.39 is 6.09 Å². The normalized spacial score (nSPS) is 12.9. The van der Waals surface area contributed by atoms with Gasteiger partial charge in [0.25, 0.3) is 5.91 Å². The highest BCUT2D eigenvalue weighted by molar-refractivity contribution is 7.13. The van der Waals surface area contributed by atoms with E-state index in [1.807, 2.05) is 36.4 Å². The number of para-hydroxylation sites is 2. The molecule has 0 radical (unpaired) electrons. The molecule has 2 heterocycles.